The zero-order chi connectivity index (χ0) is 11.0. The predicted molar refractivity (Wildman–Crippen MR) is 64.5 cm³/mol. The average Bonchev–Trinajstić information content (AvgIpc) is 2.96. The van der Waals surface area contributed by atoms with E-state index in [9.17, 15) is 0 Å². The van der Waals surface area contributed by atoms with Crippen molar-refractivity contribution in [2.75, 3.05) is 0 Å². The summed E-state index contributed by atoms with van der Waals surface area (Å²) in [6.45, 7) is 0.0747. The fraction of sp³-hybridized carbons (Fsp3) is 0.154. The van der Waals surface area contributed by atoms with E-state index in [0.29, 0.717) is 0 Å². The number of aliphatic hydroxyl groups excluding tert-OH is 1. The third kappa shape index (κ3) is 1.37. The number of rotatable bonds is 2. The second-order valence-electron chi connectivity index (χ2n) is 3.91. The molecule has 80 valence electrons. The maximum atomic E-state index is 9.14. The maximum absolute atomic E-state index is 9.14. The molecule has 3 rings (SSSR count). The number of aromatic amines is 1. The third-order valence-electron chi connectivity index (χ3n) is 2.89. The SMILES string of the molecule is OCc1ccc2[nH]cc(C3=NC=CC3)c2c1. The largest absolute Gasteiger partial charge is 0.392 e. The molecule has 2 heterocycles. The number of aliphatic imine (C=N–C) groups is 1. The topological polar surface area (TPSA) is 48.4 Å². The van der Waals surface area contributed by atoms with E-state index in [2.05, 4.69) is 9.98 Å². The molecule has 16 heavy (non-hydrogen) atoms. The number of allylic oxidation sites excluding steroid dienone is 1. The molecular weight excluding hydrogens is 200 g/mol. The monoisotopic (exact) mass is 212 g/mol. The second-order valence-corrected chi connectivity index (χ2v) is 3.91. The number of H-pyrrole nitrogens is 1. The summed E-state index contributed by atoms with van der Waals surface area (Å²) in [7, 11) is 0. The normalized spacial score (nSPS) is 14.7. The summed E-state index contributed by atoms with van der Waals surface area (Å²) in [5, 5.41) is 10.3. The van der Waals surface area contributed by atoms with Crippen molar-refractivity contribution >= 4 is 16.6 Å². The highest BCUT2D eigenvalue weighted by molar-refractivity contribution is 6.12. The van der Waals surface area contributed by atoms with Crippen LogP contribution in [0, 0.1) is 0 Å². The number of hydrogen-bond acceptors (Lipinski definition) is 2. The fourth-order valence-electron chi connectivity index (χ4n) is 2.04. The fourth-order valence-corrected chi connectivity index (χ4v) is 2.04. The first-order valence-corrected chi connectivity index (χ1v) is 5.31. The van der Waals surface area contributed by atoms with Gasteiger partial charge in [-0.1, -0.05) is 12.1 Å². The van der Waals surface area contributed by atoms with E-state index in [1.807, 2.05) is 36.7 Å². The minimum Gasteiger partial charge on any atom is -0.392 e. The maximum Gasteiger partial charge on any atom is 0.0682 e. The van der Waals surface area contributed by atoms with Crippen LogP contribution in [0.4, 0.5) is 0 Å². The van der Waals surface area contributed by atoms with Crippen molar-refractivity contribution in [1.82, 2.24) is 4.98 Å². The smallest absolute Gasteiger partial charge is 0.0682 e. The van der Waals surface area contributed by atoms with E-state index in [1.165, 1.54) is 0 Å². The van der Waals surface area contributed by atoms with Gasteiger partial charge in [-0.25, -0.2) is 0 Å². The lowest BCUT2D eigenvalue weighted by molar-refractivity contribution is 0.282. The van der Waals surface area contributed by atoms with E-state index in [1.54, 1.807) is 0 Å². The number of nitrogens with zero attached hydrogens (tertiary/aromatic N) is 1. The number of benzene rings is 1. The molecule has 1 aliphatic rings. The number of aromatic nitrogens is 1. The molecule has 1 aromatic heterocycles. The van der Waals surface area contributed by atoms with Crippen LogP contribution in [0.3, 0.4) is 0 Å². The quantitative estimate of drug-likeness (QED) is 0.788. The van der Waals surface area contributed by atoms with Crippen LogP contribution in [-0.4, -0.2) is 15.8 Å². The Morgan fingerprint density at radius 1 is 1.38 bits per heavy atom. The zero-order valence-electron chi connectivity index (χ0n) is 8.77. The lowest BCUT2D eigenvalue weighted by atomic mass is 10.1. The molecule has 0 spiro atoms. The molecule has 0 saturated heterocycles. The van der Waals surface area contributed by atoms with Gasteiger partial charge in [-0.3, -0.25) is 4.99 Å². The zero-order valence-corrected chi connectivity index (χ0v) is 8.77. The molecule has 1 aromatic carbocycles. The second kappa shape index (κ2) is 3.61. The molecule has 0 unspecified atom stereocenters. The van der Waals surface area contributed by atoms with Gasteiger partial charge in [-0.15, -0.1) is 0 Å². The summed E-state index contributed by atoms with van der Waals surface area (Å²) in [5.74, 6) is 0. The van der Waals surface area contributed by atoms with Gasteiger partial charge in [0.25, 0.3) is 0 Å². The van der Waals surface area contributed by atoms with Crippen LogP contribution in [0.5, 0.6) is 0 Å². The third-order valence-corrected chi connectivity index (χ3v) is 2.89. The average molecular weight is 212 g/mol. The van der Waals surface area contributed by atoms with E-state index in [-0.39, 0.29) is 6.61 Å². The van der Waals surface area contributed by atoms with Crippen LogP contribution in [0.2, 0.25) is 0 Å². The summed E-state index contributed by atoms with van der Waals surface area (Å²) in [4.78, 5) is 7.56. The van der Waals surface area contributed by atoms with E-state index < -0.39 is 0 Å². The molecular formula is C13H12N2O. The van der Waals surface area contributed by atoms with Gasteiger partial charge in [0.1, 0.15) is 0 Å². The Balaban J connectivity index is 2.17. The Hall–Kier alpha value is -1.87. The van der Waals surface area contributed by atoms with Crippen LogP contribution < -0.4 is 0 Å². The first-order chi connectivity index (χ1) is 7.88. The molecule has 0 bridgehead atoms. The van der Waals surface area contributed by atoms with Gasteiger partial charge in [0.2, 0.25) is 0 Å². The van der Waals surface area contributed by atoms with Crippen LogP contribution in [0.25, 0.3) is 10.9 Å². The molecule has 3 nitrogen and oxygen atoms in total. The van der Waals surface area contributed by atoms with Crippen LogP contribution in [0.15, 0.2) is 41.7 Å². The molecule has 3 heteroatoms. The van der Waals surface area contributed by atoms with Crippen molar-refractivity contribution in [3.8, 4) is 0 Å². The molecule has 0 amide bonds. The van der Waals surface area contributed by atoms with Gasteiger partial charge >= 0.3 is 0 Å². The molecule has 0 aliphatic carbocycles. The van der Waals surface area contributed by atoms with E-state index in [4.69, 9.17) is 5.11 Å². The highest BCUT2D eigenvalue weighted by atomic mass is 16.3. The van der Waals surface area contributed by atoms with Gasteiger partial charge in [0.15, 0.2) is 0 Å². The van der Waals surface area contributed by atoms with Crippen molar-refractivity contribution in [1.29, 1.82) is 0 Å². The van der Waals surface area contributed by atoms with Crippen molar-refractivity contribution < 1.29 is 5.11 Å². The summed E-state index contributed by atoms with van der Waals surface area (Å²) < 4.78 is 0. The van der Waals surface area contributed by atoms with E-state index in [0.717, 1.165) is 34.2 Å². The highest BCUT2D eigenvalue weighted by Gasteiger charge is 2.11. The number of aliphatic hydroxyl groups is 1. The van der Waals surface area contributed by atoms with Crippen molar-refractivity contribution in [2.24, 2.45) is 4.99 Å². The lowest BCUT2D eigenvalue weighted by Gasteiger charge is -2.00. The van der Waals surface area contributed by atoms with Gasteiger partial charge in [0.05, 0.1) is 12.3 Å². The first kappa shape index (κ1) is 9.36. The van der Waals surface area contributed by atoms with E-state index >= 15 is 0 Å². The Labute approximate surface area is 93.1 Å². The van der Waals surface area contributed by atoms with Crippen LogP contribution in [0.1, 0.15) is 17.5 Å². The van der Waals surface area contributed by atoms with Crippen molar-refractivity contribution in [2.45, 2.75) is 13.0 Å². The molecule has 2 N–H and O–H groups in total. The number of nitrogens with one attached hydrogen (secondary N) is 1. The first-order valence-electron chi connectivity index (χ1n) is 5.31. The molecule has 1 aliphatic heterocycles. The number of hydrogen-bond donors (Lipinski definition) is 2. The Bertz CT molecular complexity index is 593. The standard InChI is InChI=1S/C13H12N2O/c16-8-9-3-4-13-10(6-9)11(7-15-13)12-2-1-5-14-12/h1,3-7,15-16H,2,8H2. The molecule has 2 aromatic rings. The Morgan fingerprint density at radius 3 is 3.06 bits per heavy atom. The summed E-state index contributed by atoms with van der Waals surface area (Å²) in [5.41, 5.74) is 4.23. The van der Waals surface area contributed by atoms with Gasteiger partial charge in [-0.2, -0.15) is 0 Å². The molecule has 0 fully saturated rings. The van der Waals surface area contributed by atoms with Crippen LogP contribution >= 0.6 is 0 Å². The summed E-state index contributed by atoms with van der Waals surface area (Å²) in [6, 6.07) is 5.94. The molecule has 0 radical (unpaired) electrons. The number of fused-ring (bicyclic) bond motifs is 1. The van der Waals surface area contributed by atoms with Gasteiger partial charge < -0.3 is 10.1 Å². The highest BCUT2D eigenvalue weighted by Crippen LogP contribution is 2.23. The lowest BCUT2D eigenvalue weighted by Crippen LogP contribution is -1.94. The Morgan fingerprint density at radius 2 is 2.31 bits per heavy atom. The van der Waals surface area contributed by atoms with Gasteiger partial charge in [0, 0.05) is 35.3 Å². The minimum atomic E-state index is 0.0747. The Kier molecular flexibility index (Phi) is 2.11. The van der Waals surface area contributed by atoms with Crippen molar-refractivity contribution in [3.05, 3.63) is 47.8 Å². The molecule has 0 atom stereocenters. The molecule has 0 saturated carbocycles. The van der Waals surface area contributed by atoms with Gasteiger partial charge in [-0.05, 0) is 17.7 Å². The minimum absolute atomic E-state index is 0.0747. The summed E-state index contributed by atoms with van der Waals surface area (Å²) in [6.07, 6.45) is 6.75. The van der Waals surface area contributed by atoms with Crippen molar-refractivity contribution in [3.63, 3.8) is 0 Å². The summed E-state index contributed by atoms with van der Waals surface area (Å²) >= 11 is 0. The predicted octanol–water partition coefficient (Wildman–Crippen LogP) is 2.37. The van der Waals surface area contributed by atoms with Crippen LogP contribution in [-0.2, 0) is 6.61 Å².